The van der Waals surface area contributed by atoms with Gasteiger partial charge in [-0.05, 0) is 42.5 Å². The third-order valence-corrected chi connectivity index (χ3v) is 4.23. The molecule has 2 unspecified atom stereocenters. The molecule has 2 atom stereocenters. The predicted octanol–water partition coefficient (Wildman–Crippen LogP) is 2.02. The highest BCUT2D eigenvalue weighted by molar-refractivity contribution is 6.31. The lowest BCUT2D eigenvalue weighted by Crippen LogP contribution is -2.32. The van der Waals surface area contributed by atoms with Gasteiger partial charge in [-0.15, -0.1) is 12.4 Å². The number of benzene rings is 1. The van der Waals surface area contributed by atoms with Gasteiger partial charge < -0.3 is 10.6 Å². The Hall–Kier alpha value is -0.770. The second-order valence-electron chi connectivity index (χ2n) is 4.95. The van der Waals surface area contributed by atoms with Crippen LogP contribution in [0, 0.1) is 18.8 Å². The van der Waals surface area contributed by atoms with Gasteiger partial charge in [0, 0.05) is 29.7 Å². The maximum absolute atomic E-state index is 12.0. The van der Waals surface area contributed by atoms with Crippen LogP contribution in [0.2, 0.25) is 5.02 Å². The van der Waals surface area contributed by atoms with Crippen molar-refractivity contribution >= 4 is 29.9 Å². The molecule has 0 aromatic heterocycles. The number of aryl methyl sites for hydroxylation is 1. The summed E-state index contributed by atoms with van der Waals surface area (Å²) in [5, 5.41) is 7.11. The molecule has 1 saturated carbocycles. The largest absolute Gasteiger partial charge is 0.349 e. The third kappa shape index (κ3) is 2.35. The van der Waals surface area contributed by atoms with Gasteiger partial charge in [0.05, 0.1) is 0 Å². The molecule has 0 radical (unpaired) electrons. The summed E-state index contributed by atoms with van der Waals surface area (Å²) < 4.78 is 0. The van der Waals surface area contributed by atoms with E-state index in [1.165, 1.54) is 0 Å². The van der Waals surface area contributed by atoms with Gasteiger partial charge in [-0.25, -0.2) is 0 Å². The van der Waals surface area contributed by atoms with Gasteiger partial charge in [0.25, 0.3) is 5.91 Å². The van der Waals surface area contributed by atoms with Crippen molar-refractivity contribution in [2.45, 2.75) is 13.0 Å². The molecule has 2 aliphatic rings. The summed E-state index contributed by atoms with van der Waals surface area (Å²) in [6.07, 6.45) is 0. The van der Waals surface area contributed by atoms with Crippen LogP contribution in [0.25, 0.3) is 0 Å². The molecular formula is C13H16Cl2N2O. The van der Waals surface area contributed by atoms with Crippen LogP contribution in [-0.2, 0) is 0 Å². The summed E-state index contributed by atoms with van der Waals surface area (Å²) in [6, 6.07) is 5.77. The molecule has 98 valence electrons. The molecule has 1 aliphatic heterocycles. The van der Waals surface area contributed by atoms with Gasteiger partial charge in [-0.2, -0.15) is 0 Å². The van der Waals surface area contributed by atoms with Gasteiger partial charge in [0.1, 0.15) is 0 Å². The first-order chi connectivity index (χ1) is 8.16. The summed E-state index contributed by atoms with van der Waals surface area (Å²) in [7, 11) is 0. The number of carbonyl (C=O) groups is 1. The van der Waals surface area contributed by atoms with Crippen molar-refractivity contribution in [2.75, 3.05) is 13.1 Å². The van der Waals surface area contributed by atoms with E-state index in [9.17, 15) is 4.79 Å². The minimum atomic E-state index is 0. The fourth-order valence-electron chi connectivity index (χ4n) is 2.65. The fourth-order valence-corrected chi connectivity index (χ4v) is 2.77. The zero-order valence-corrected chi connectivity index (χ0v) is 11.6. The van der Waals surface area contributed by atoms with Crippen LogP contribution in [-0.4, -0.2) is 25.0 Å². The monoisotopic (exact) mass is 286 g/mol. The Bertz CT molecular complexity index is 468. The summed E-state index contributed by atoms with van der Waals surface area (Å²) in [5.74, 6) is 1.31. The Morgan fingerprint density at radius 3 is 2.67 bits per heavy atom. The molecule has 0 bridgehead atoms. The zero-order valence-electron chi connectivity index (χ0n) is 10.1. The van der Waals surface area contributed by atoms with Crippen molar-refractivity contribution in [3.63, 3.8) is 0 Å². The molecule has 3 nitrogen and oxygen atoms in total. The molecule has 2 fully saturated rings. The molecule has 1 saturated heterocycles. The highest BCUT2D eigenvalue weighted by Crippen LogP contribution is 2.41. The van der Waals surface area contributed by atoms with Gasteiger partial charge in [-0.1, -0.05) is 11.6 Å². The van der Waals surface area contributed by atoms with E-state index >= 15 is 0 Å². The van der Waals surface area contributed by atoms with Crippen molar-refractivity contribution in [3.05, 3.63) is 34.3 Å². The Morgan fingerprint density at radius 1 is 1.39 bits per heavy atom. The first-order valence-corrected chi connectivity index (χ1v) is 6.32. The van der Waals surface area contributed by atoms with Crippen LogP contribution in [0.1, 0.15) is 15.9 Å². The number of carbonyl (C=O) groups excluding carboxylic acids is 1. The van der Waals surface area contributed by atoms with Gasteiger partial charge in [0.2, 0.25) is 0 Å². The number of halogens is 2. The number of rotatable bonds is 2. The topological polar surface area (TPSA) is 41.1 Å². The van der Waals surface area contributed by atoms with E-state index in [0.29, 0.717) is 28.5 Å². The summed E-state index contributed by atoms with van der Waals surface area (Å²) in [5.41, 5.74) is 1.64. The molecule has 5 heteroatoms. The summed E-state index contributed by atoms with van der Waals surface area (Å²) in [4.78, 5) is 12.0. The van der Waals surface area contributed by atoms with Crippen LogP contribution in [0.15, 0.2) is 18.2 Å². The highest BCUT2D eigenvalue weighted by atomic mass is 35.5. The predicted molar refractivity (Wildman–Crippen MR) is 74.5 cm³/mol. The van der Waals surface area contributed by atoms with Crippen LogP contribution < -0.4 is 10.6 Å². The van der Waals surface area contributed by atoms with E-state index in [1.807, 2.05) is 13.0 Å². The maximum atomic E-state index is 12.0. The van der Waals surface area contributed by atoms with Crippen molar-refractivity contribution < 1.29 is 4.79 Å². The number of nitrogens with one attached hydrogen (secondary N) is 2. The standard InChI is InChI=1S/C13H15ClN2O.ClH/c1-7-4-8(2-3-11(7)14)13(17)16-12-9-5-15-6-10(9)12;/h2-4,9-10,12,15H,5-6H2,1H3,(H,16,17);1H. The Morgan fingerprint density at radius 2 is 2.06 bits per heavy atom. The molecule has 3 rings (SSSR count). The van der Waals surface area contributed by atoms with E-state index < -0.39 is 0 Å². The minimum Gasteiger partial charge on any atom is -0.349 e. The number of piperidine rings is 1. The number of hydrogen-bond donors (Lipinski definition) is 2. The molecule has 1 aromatic carbocycles. The number of amides is 1. The molecular weight excluding hydrogens is 271 g/mol. The zero-order chi connectivity index (χ0) is 12.0. The Labute approximate surface area is 118 Å². The van der Waals surface area contributed by atoms with E-state index in [-0.39, 0.29) is 18.3 Å². The lowest BCUT2D eigenvalue weighted by atomic mass is 10.1. The molecule has 1 aliphatic carbocycles. The van der Waals surface area contributed by atoms with Crippen molar-refractivity contribution in [1.82, 2.24) is 10.6 Å². The molecule has 2 N–H and O–H groups in total. The van der Waals surface area contributed by atoms with Gasteiger partial charge in [0.15, 0.2) is 0 Å². The van der Waals surface area contributed by atoms with Crippen LogP contribution >= 0.6 is 24.0 Å². The molecule has 18 heavy (non-hydrogen) atoms. The second kappa shape index (κ2) is 5.08. The third-order valence-electron chi connectivity index (χ3n) is 3.81. The van der Waals surface area contributed by atoms with Crippen molar-refractivity contribution in [3.8, 4) is 0 Å². The Balaban J connectivity index is 0.00000120. The average molecular weight is 287 g/mol. The van der Waals surface area contributed by atoms with E-state index in [1.54, 1.807) is 12.1 Å². The SMILES string of the molecule is Cc1cc(C(=O)NC2C3CNCC32)ccc1Cl.Cl. The molecule has 1 heterocycles. The van der Waals surface area contributed by atoms with Crippen LogP contribution in [0.4, 0.5) is 0 Å². The van der Waals surface area contributed by atoms with E-state index in [4.69, 9.17) is 11.6 Å². The molecule has 0 spiro atoms. The second-order valence-corrected chi connectivity index (χ2v) is 5.36. The van der Waals surface area contributed by atoms with Crippen LogP contribution in [0.3, 0.4) is 0 Å². The summed E-state index contributed by atoms with van der Waals surface area (Å²) >= 11 is 5.94. The average Bonchev–Trinajstić information content (AvgIpc) is 2.76. The lowest BCUT2D eigenvalue weighted by molar-refractivity contribution is 0.0946. The van der Waals surface area contributed by atoms with Crippen molar-refractivity contribution in [2.24, 2.45) is 11.8 Å². The molecule has 1 amide bonds. The van der Waals surface area contributed by atoms with E-state index in [0.717, 1.165) is 18.7 Å². The fraction of sp³-hybridized carbons (Fsp3) is 0.462. The molecule has 1 aromatic rings. The van der Waals surface area contributed by atoms with E-state index in [2.05, 4.69) is 10.6 Å². The number of hydrogen-bond acceptors (Lipinski definition) is 2. The first-order valence-electron chi connectivity index (χ1n) is 5.94. The smallest absolute Gasteiger partial charge is 0.251 e. The lowest BCUT2D eigenvalue weighted by Gasteiger charge is -2.08. The van der Waals surface area contributed by atoms with Crippen molar-refractivity contribution in [1.29, 1.82) is 0 Å². The van der Waals surface area contributed by atoms with Gasteiger partial charge >= 0.3 is 0 Å². The highest BCUT2D eigenvalue weighted by Gasteiger charge is 2.53. The minimum absolute atomic E-state index is 0. The normalized spacial score (nSPS) is 28.2. The number of fused-ring (bicyclic) bond motifs is 1. The Kier molecular flexibility index (Phi) is 3.85. The van der Waals surface area contributed by atoms with Crippen LogP contribution in [0.5, 0.6) is 0 Å². The quantitative estimate of drug-likeness (QED) is 0.873. The maximum Gasteiger partial charge on any atom is 0.251 e. The van der Waals surface area contributed by atoms with Gasteiger partial charge in [-0.3, -0.25) is 4.79 Å². The first kappa shape index (κ1) is 13.7. The summed E-state index contributed by atoms with van der Waals surface area (Å²) in [6.45, 7) is 3.99.